The number of nitrogens with one attached hydrogen (secondary N) is 2. The maximum absolute atomic E-state index is 5.70. The summed E-state index contributed by atoms with van der Waals surface area (Å²) in [4.78, 5) is 17.0. The molecule has 2 N–H and O–H groups in total. The Morgan fingerprint density at radius 3 is 2.38 bits per heavy atom. The predicted molar refractivity (Wildman–Crippen MR) is 101 cm³/mol. The Hall–Kier alpha value is -2.88. The van der Waals surface area contributed by atoms with Crippen LogP contribution in [0.3, 0.4) is 0 Å². The smallest absolute Gasteiger partial charge is 0.258 e. The molecular formula is C16H20N8OS. The van der Waals surface area contributed by atoms with Gasteiger partial charge >= 0.3 is 0 Å². The molecule has 0 radical (unpaired) electrons. The first-order chi connectivity index (χ1) is 12.7. The van der Waals surface area contributed by atoms with E-state index < -0.39 is 0 Å². The number of anilines is 2. The molecule has 3 rings (SSSR count). The van der Waals surface area contributed by atoms with Crippen molar-refractivity contribution in [2.24, 2.45) is 0 Å². The normalized spacial score (nSPS) is 10.6. The minimum absolute atomic E-state index is 0.393. The number of rotatable bonds is 8. The van der Waals surface area contributed by atoms with E-state index in [9.17, 15) is 0 Å². The van der Waals surface area contributed by atoms with Gasteiger partial charge in [0.25, 0.3) is 5.95 Å². The van der Waals surface area contributed by atoms with Crippen LogP contribution in [0.25, 0.3) is 5.95 Å². The van der Waals surface area contributed by atoms with Crippen LogP contribution >= 0.6 is 11.8 Å². The summed E-state index contributed by atoms with van der Waals surface area (Å²) < 4.78 is 7.22. The molecule has 0 saturated heterocycles. The van der Waals surface area contributed by atoms with E-state index in [1.54, 1.807) is 20.4 Å². The Bertz CT molecular complexity index is 829. The zero-order chi connectivity index (χ0) is 18.4. The molecule has 0 fully saturated rings. The Kier molecular flexibility index (Phi) is 5.84. The average molecular weight is 372 g/mol. The van der Waals surface area contributed by atoms with Crippen molar-refractivity contribution in [2.75, 3.05) is 37.1 Å². The summed E-state index contributed by atoms with van der Waals surface area (Å²) in [5.74, 6) is 2.90. The maximum atomic E-state index is 5.70. The average Bonchev–Trinajstić information content (AvgIpc) is 3.15. The van der Waals surface area contributed by atoms with Crippen LogP contribution in [0.15, 0.2) is 35.7 Å². The van der Waals surface area contributed by atoms with E-state index >= 15 is 0 Å². The third-order valence-electron chi connectivity index (χ3n) is 3.35. The molecule has 0 amide bonds. The molecule has 0 atom stereocenters. The molecule has 26 heavy (non-hydrogen) atoms. The second-order valence-electron chi connectivity index (χ2n) is 5.26. The number of thioether (sulfide) groups is 1. The van der Waals surface area contributed by atoms with Gasteiger partial charge in [-0.1, -0.05) is 29.5 Å². The first-order valence-electron chi connectivity index (χ1n) is 8.04. The zero-order valence-corrected chi connectivity index (χ0v) is 15.6. The van der Waals surface area contributed by atoms with E-state index in [0.717, 1.165) is 11.5 Å². The molecule has 0 spiro atoms. The lowest BCUT2D eigenvalue weighted by atomic mass is 10.2. The van der Waals surface area contributed by atoms with Gasteiger partial charge in [0.1, 0.15) is 12.1 Å². The van der Waals surface area contributed by atoms with E-state index in [2.05, 4.69) is 35.7 Å². The molecule has 9 nitrogen and oxygen atoms in total. The summed E-state index contributed by atoms with van der Waals surface area (Å²) in [5, 5.41) is 10.8. The highest BCUT2D eigenvalue weighted by molar-refractivity contribution is 7.99. The molecular weight excluding hydrogens is 352 g/mol. The van der Waals surface area contributed by atoms with Crippen LogP contribution in [0.1, 0.15) is 5.56 Å². The van der Waals surface area contributed by atoms with Crippen molar-refractivity contribution >= 4 is 23.7 Å². The lowest BCUT2D eigenvalue weighted by Gasteiger charge is -2.05. The summed E-state index contributed by atoms with van der Waals surface area (Å²) in [5.41, 5.74) is 1.21. The molecule has 0 bridgehead atoms. The number of aryl methyl sites for hydroxylation is 1. The SMILES string of the molecule is CNc1nc(NC)nc(-n2cnc(SCCOc3ccc(C)cc3)n2)n1. The number of ether oxygens (including phenoxy) is 1. The molecule has 136 valence electrons. The van der Waals surface area contributed by atoms with Gasteiger partial charge in [0.15, 0.2) is 0 Å². The van der Waals surface area contributed by atoms with Crippen LogP contribution in [-0.4, -0.2) is 56.2 Å². The first kappa shape index (κ1) is 17.9. The number of hydrogen-bond donors (Lipinski definition) is 2. The molecule has 0 aliphatic heterocycles. The molecule has 0 aliphatic carbocycles. The van der Waals surface area contributed by atoms with E-state index in [4.69, 9.17) is 4.74 Å². The Labute approximate surface area is 155 Å². The van der Waals surface area contributed by atoms with Crippen molar-refractivity contribution in [1.82, 2.24) is 29.7 Å². The van der Waals surface area contributed by atoms with Crippen LogP contribution in [0, 0.1) is 6.92 Å². The van der Waals surface area contributed by atoms with Gasteiger partial charge in [-0.3, -0.25) is 0 Å². The van der Waals surface area contributed by atoms with Crippen molar-refractivity contribution < 1.29 is 4.74 Å². The molecule has 2 aromatic heterocycles. The minimum atomic E-state index is 0.393. The van der Waals surface area contributed by atoms with E-state index in [1.807, 2.05) is 31.2 Å². The van der Waals surface area contributed by atoms with Gasteiger partial charge in [-0.15, -0.1) is 5.10 Å². The van der Waals surface area contributed by atoms with Crippen molar-refractivity contribution in [3.05, 3.63) is 36.2 Å². The van der Waals surface area contributed by atoms with Crippen LogP contribution in [0.5, 0.6) is 5.75 Å². The molecule has 1 aromatic carbocycles. The predicted octanol–water partition coefficient (Wildman–Crippen LogP) is 2.02. The Morgan fingerprint density at radius 1 is 1.04 bits per heavy atom. The highest BCUT2D eigenvalue weighted by atomic mass is 32.2. The van der Waals surface area contributed by atoms with Crippen LogP contribution in [-0.2, 0) is 0 Å². The molecule has 2 heterocycles. The summed E-state index contributed by atoms with van der Waals surface area (Å²) >= 11 is 1.51. The van der Waals surface area contributed by atoms with Gasteiger partial charge in [0.2, 0.25) is 17.1 Å². The molecule has 0 aliphatic rings. The standard InChI is InChI=1S/C16H20N8OS/c1-11-4-6-12(7-5-11)25-8-9-26-16-19-10-24(23-16)15-21-13(17-2)20-14(18-3)22-15/h4-7,10H,8-9H2,1-3H3,(H2,17,18,20,21,22). The van der Waals surface area contributed by atoms with Crippen molar-refractivity contribution in [2.45, 2.75) is 12.1 Å². The fraction of sp³-hybridized carbons (Fsp3) is 0.312. The van der Waals surface area contributed by atoms with E-state index in [1.165, 1.54) is 22.0 Å². The highest BCUT2D eigenvalue weighted by Crippen LogP contribution is 2.16. The van der Waals surface area contributed by atoms with Crippen LogP contribution in [0.2, 0.25) is 0 Å². The zero-order valence-electron chi connectivity index (χ0n) is 14.8. The second kappa shape index (κ2) is 8.48. The summed E-state index contributed by atoms with van der Waals surface area (Å²) in [6.07, 6.45) is 1.58. The minimum Gasteiger partial charge on any atom is -0.493 e. The maximum Gasteiger partial charge on any atom is 0.258 e. The van der Waals surface area contributed by atoms with Gasteiger partial charge < -0.3 is 15.4 Å². The largest absolute Gasteiger partial charge is 0.493 e. The fourth-order valence-corrected chi connectivity index (χ4v) is 2.64. The topological polar surface area (TPSA) is 103 Å². The van der Waals surface area contributed by atoms with Gasteiger partial charge in [0, 0.05) is 19.8 Å². The molecule has 0 unspecified atom stereocenters. The third-order valence-corrected chi connectivity index (χ3v) is 4.17. The summed E-state index contributed by atoms with van der Waals surface area (Å²) in [6.45, 7) is 2.62. The van der Waals surface area contributed by atoms with Gasteiger partial charge in [-0.25, -0.2) is 4.98 Å². The van der Waals surface area contributed by atoms with Crippen molar-refractivity contribution in [3.8, 4) is 11.7 Å². The lowest BCUT2D eigenvalue weighted by molar-refractivity contribution is 0.344. The quantitative estimate of drug-likeness (QED) is 0.454. The molecule has 3 aromatic rings. The monoisotopic (exact) mass is 372 g/mol. The summed E-state index contributed by atoms with van der Waals surface area (Å²) in [6, 6.07) is 7.98. The van der Waals surface area contributed by atoms with Crippen molar-refractivity contribution in [3.63, 3.8) is 0 Å². The number of aromatic nitrogens is 6. The Balaban J connectivity index is 1.57. The van der Waals surface area contributed by atoms with Crippen molar-refractivity contribution in [1.29, 1.82) is 0 Å². The van der Waals surface area contributed by atoms with E-state index in [0.29, 0.717) is 29.6 Å². The third kappa shape index (κ3) is 4.60. The second-order valence-corrected chi connectivity index (χ2v) is 6.33. The van der Waals surface area contributed by atoms with Gasteiger partial charge in [-0.05, 0) is 19.1 Å². The number of hydrogen-bond acceptors (Lipinski definition) is 9. The lowest BCUT2D eigenvalue weighted by Crippen LogP contribution is -2.09. The van der Waals surface area contributed by atoms with Crippen LogP contribution in [0.4, 0.5) is 11.9 Å². The highest BCUT2D eigenvalue weighted by Gasteiger charge is 2.09. The Morgan fingerprint density at radius 2 is 1.73 bits per heavy atom. The summed E-state index contributed by atoms with van der Waals surface area (Å²) in [7, 11) is 3.49. The first-order valence-corrected chi connectivity index (χ1v) is 9.02. The molecule has 10 heteroatoms. The molecule has 0 saturated carbocycles. The number of nitrogens with zero attached hydrogens (tertiary/aromatic N) is 6. The van der Waals surface area contributed by atoms with Crippen LogP contribution < -0.4 is 15.4 Å². The van der Waals surface area contributed by atoms with Gasteiger partial charge in [0.05, 0.1) is 6.61 Å². The fourth-order valence-electron chi connectivity index (χ4n) is 2.03. The number of benzene rings is 1. The van der Waals surface area contributed by atoms with E-state index in [-0.39, 0.29) is 0 Å². The van der Waals surface area contributed by atoms with Gasteiger partial charge in [-0.2, -0.15) is 19.6 Å².